The van der Waals surface area contributed by atoms with Gasteiger partial charge >= 0.3 is 0 Å². The summed E-state index contributed by atoms with van der Waals surface area (Å²) in [6, 6.07) is 6.90. The van der Waals surface area contributed by atoms with Gasteiger partial charge in [0.1, 0.15) is 0 Å². The van der Waals surface area contributed by atoms with Gasteiger partial charge in [0.15, 0.2) is 0 Å². The molecule has 8 heteroatoms. The molecule has 0 spiro atoms. The minimum absolute atomic E-state index is 0. The number of carbonyl (C=O) groups excluding carboxylic acids is 1. The first kappa shape index (κ1) is 24.8. The first-order valence-electron chi connectivity index (χ1n) is 8.59. The van der Waals surface area contributed by atoms with Crippen molar-refractivity contribution in [3.63, 3.8) is 0 Å². The molecule has 0 saturated carbocycles. The van der Waals surface area contributed by atoms with Crippen LogP contribution in [0.15, 0.2) is 24.3 Å². The molecular formula is C18H32ClN3O3S. The van der Waals surface area contributed by atoms with Crippen molar-refractivity contribution in [1.29, 1.82) is 0 Å². The van der Waals surface area contributed by atoms with Crippen LogP contribution in [0.1, 0.15) is 53.0 Å². The molecule has 0 heterocycles. The highest BCUT2D eigenvalue weighted by Crippen LogP contribution is 2.27. The molecule has 0 aliphatic heterocycles. The van der Waals surface area contributed by atoms with Gasteiger partial charge in [0.2, 0.25) is 15.9 Å². The number of anilines is 1. The molecule has 1 rings (SSSR count). The van der Waals surface area contributed by atoms with E-state index in [2.05, 4.69) is 10.0 Å². The van der Waals surface area contributed by atoms with Gasteiger partial charge in [-0.3, -0.25) is 4.79 Å². The zero-order chi connectivity index (χ0) is 19.3. The Hall–Kier alpha value is -1.15. The normalized spacial score (nSPS) is 12.4. The fourth-order valence-electron chi connectivity index (χ4n) is 2.68. The molecule has 1 amide bonds. The maximum atomic E-state index is 12.6. The van der Waals surface area contributed by atoms with Crippen molar-refractivity contribution in [2.24, 2.45) is 11.1 Å². The van der Waals surface area contributed by atoms with E-state index >= 15 is 0 Å². The minimum atomic E-state index is -3.46. The number of hydrogen-bond donors (Lipinski definition) is 3. The van der Waals surface area contributed by atoms with Crippen LogP contribution in [-0.2, 0) is 20.6 Å². The second-order valence-corrected chi connectivity index (χ2v) is 9.18. The first-order valence-corrected chi connectivity index (χ1v) is 10.2. The molecule has 0 atom stereocenters. The maximum absolute atomic E-state index is 12.6. The van der Waals surface area contributed by atoms with Gasteiger partial charge in [-0.2, -0.15) is 0 Å². The fourth-order valence-corrected chi connectivity index (χ4v) is 4.30. The van der Waals surface area contributed by atoms with Gasteiger partial charge < -0.3 is 11.1 Å². The fraction of sp³-hybridized carbons (Fsp3) is 0.611. The summed E-state index contributed by atoms with van der Waals surface area (Å²) in [5, 5.41) is 2.88. The SMILES string of the molecule is CCC(CC)(CN)C(=O)Nc1cccc(CS(=O)(=O)NC(C)(C)C)c1.Cl. The van der Waals surface area contributed by atoms with Crippen molar-refractivity contribution in [3.8, 4) is 0 Å². The van der Waals surface area contributed by atoms with E-state index in [-0.39, 0.29) is 30.6 Å². The number of nitrogens with one attached hydrogen (secondary N) is 2. The molecular weight excluding hydrogens is 374 g/mol. The minimum Gasteiger partial charge on any atom is -0.329 e. The molecule has 6 nitrogen and oxygen atoms in total. The van der Waals surface area contributed by atoms with Crippen molar-refractivity contribution in [2.75, 3.05) is 11.9 Å². The van der Waals surface area contributed by atoms with Crippen LogP contribution in [0, 0.1) is 5.41 Å². The second-order valence-electron chi connectivity index (χ2n) is 7.46. The zero-order valence-electron chi connectivity index (χ0n) is 16.3. The molecule has 1 aromatic carbocycles. The van der Waals surface area contributed by atoms with Crippen molar-refractivity contribution >= 4 is 34.0 Å². The van der Waals surface area contributed by atoms with E-state index in [1.165, 1.54) is 0 Å². The van der Waals surface area contributed by atoms with E-state index in [0.29, 0.717) is 24.1 Å². The Kier molecular flexibility index (Phi) is 9.26. The van der Waals surface area contributed by atoms with Crippen LogP contribution in [-0.4, -0.2) is 26.4 Å². The number of halogens is 1. The smallest absolute Gasteiger partial charge is 0.231 e. The molecule has 26 heavy (non-hydrogen) atoms. The lowest BCUT2D eigenvalue weighted by Gasteiger charge is -2.28. The Morgan fingerprint density at radius 2 is 1.73 bits per heavy atom. The third kappa shape index (κ3) is 7.23. The van der Waals surface area contributed by atoms with Crippen molar-refractivity contribution in [2.45, 2.75) is 58.8 Å². The molecule has 150 valence electrons. The summed E-state index contributed by atoms with van der Waals surface area (Å²) in [6.07, 6.45) is 1.30. The quantitative estimate of drug-likeness (QED) is 0.618. The lowest BCUT2D eigenvalue weighted by molar-refractivity contribution is -0.125. The second kappa shape index (κ2) is 9.69. The van der Waals surface area contributed by atoms with Crippen molar-refractivity contribution in [3.05, 3.63) is 29.8 Å². The highest BCUT2D eigenvalue weighted by Gasteiger charge is 2.33. The molecule has 0 saturated heterocycles. The highest BCUT2D eigenvalue weighted by atomic mass is 35.5. The molecule has 0 radical (unpaired) electrons. The van der Waals surface area contributed by atoms with Crippen molar-refractivity contribution < 1.29 is 13.2 Å². The third-order valence-corrected chi connectivity index (χ3v) is 5.87. The predicted octanol–water partition coefficient (Wildman–Crippen LogP) is 3.03. The molecule has 1 aromatic rings. The lowest BCUT2D eigenvalue weighted by Crippen LogP contribution is -2.41. The molecule has 0 aliphatic carbocycles. The van der Waals surface area contributed by atoms with E-state index in [9.17, 15) is 13.2 Å². The molecule has 0 fully saturated rings. The standard InChI is InChI=1S/C18H31N3O3S.ClH/c1-6-18(7-2,13-19)16(22)20-15-10-8-9-14(11-15)12-25(23,24)21-17(3,4)5;/h8-11,21H,6-7,12-13,19H2,1-5H3,(H,20,22);1H. The Labute approximate surface area is 163 Å². The van der Waals surface area contributed by atoms with Gasteiger partial charge in [-0.1, -0.05) is 26.0 Å². The van der Waals surface area contributed by atoms with E-state index in [4.69, 9.17) is 5.73 Å². The van der Waals surface area contributed by atoms with Crippen LogP contribution in [0.5, 0.6) is 0 Å². The van der Waals surface area contributed by atoms with Crippen LogP contribution >= 0.6 is 12.4 Å². The van der Waals surface area contributed by atoms with Crippen LogP contribution < -0.4 is 15.8 Å². The number of rotatable bonds is 8. The summed E-state index contributed by atoms with van der Waals surface area (Å²) < 4.78 is 27.1. The average Bonchev–Trinajstić information content (AvgIpc) is 2.46. The van der Waals surface area contributed by atoms with Crippen LogP contribution in [0.2, 0.25) is 0 Å². The largest absolute Gasteiger partial charge is 0.329 e. The van der Waals surface area contributed by atoms with Crippen LogP contribution in [0.3, 0.4) is 0 Å². The van der Waals surface area contributed by atoms with Gasteiger partial charge in [-0.15, -0.1) is 12.4 Å². The Morgan fingerprint density at radius 1 is 1.15 bits per heavy atom. The number of sulfonamides is 1. The van der Waals surface area contributed by atoms with E-state index in [1.807, 2.05) is 13.8 Å². The van der Waals surface area contributed by atoms with Crippen LogP contribution in [0.25, 0.3) is 0 Å². The molecule has 0 aliphatic rings. The molecule has 0 bridgehead atoms. The number of hydrogen-bond acceptors (Lipinski definition) is 4. The number of amides is 1. The number of carbonyl (C=O) groups is 1. The van der Waals surface area contributed by atoms with Gasteiger partial charge in [0.05, 0.1) is 11.2 Å². The lowest BCUT2D eigenvalue weighted by atomic mass is 9.81. The summed E-state index contributed by atoms with van der Waals surface area (Å²) >= 11 is 0. The summed E-state index contributed by atoms with van der Waals surface area (Å²) in [7, 11) is -3.46. The van der Waals surface area contributed by atoms with Gasteiger partial charge in [0, 0.05) is 17.8 Å². The zero-order valence-corrected chi connectivity index (χ0v) is 17.9. The summed E-state index contributed by atoms with van der Waals surface area (Å²) in [5.74, 6) is -0.273. The van der Waals surface area contributed by atoms with Gasteiger partial charge in [-0.25, -0.2) is 13.1 Å². The van der Waals surface area contributed by atoms with Gasteiger partial charge in [0.25, 0.3) is 0 Å². The summed E-state index contributed by atoms with van der Waals surface area (Å²) in [4.78, 5) is 12.6. The molecule has 0 unspecified atom stereocenters. The maximum Gasteiger partial charge on any atom is 0.231 e. The molecule has 0 aromatic heterocycles. The summed E-state index contributed by atoms with van der Waals surface area (Å²) in [5.41, 5.74) is 5.86. The van der Waals surface area contributed by atoms with E-state index in [1.54, 1.807) is 45.0 Å². The van der Waals surface area contributed by atoms with E-state index in [0.717, 1.165) is 0 Å². The predicted molar refractivity (Wildman–Crippen MR) is 110 cm³/mol. The number of nitrogens with two attached hydrogens (primary N) is 1. The van der Waals surface area contributed by atoms with Gasteiger partial charge in [-0.05, 0) is 51.3 Å². The Balaban J connectivity index is 0.00000625. The number of benzene rings is 1. The summed E-state index contributed by atoms with van der Waals surface area (Å²) in [6.45, 7) is 9.54. The molecule has 4 N–H and O–H groups in total. The first-order chi connectivity index (χ1) is 11.5. The third-order valence-electron chi connectivity index (χ3n) is 4.23. The van der Waals surface area contributed by atoms with Crippen LogP contribution in [0.4, 0.5) is 5.69 Å². The Morgan fingerprint density at radius 3 is 2.19 bits per heavy atom. The highest BCUT2D eigenvalue weighted by molar-refractivity contribution is 7.88. The topological polar surface area (TPSA) is 101 Å². The Bertz CT molecular complexity index is 688. The van der Waals surface area contributed by atoms with Crippen molar-refractivity contribution in [1.82, 2.24) is 4.72 Å². The average molecular weight is 406 g/mol. The van der Waals surface area contributed by atoms with E-state index < -0.39 is 21.0 Å². The monoisotopic (exact) mass is 405 g/mol.